The third kappa shape index (κ3) is 3.63. The zero-order valence-electron chi connectivity index (χ0n) is 13.9. The minimum atomic E-state index is -0.384. The molecule has 2 aromatic rings. The SMILES string of the molecule is CC(C)(C)C(=O)Nc1ccc2cc(C(C)(C)C)ccc2c1. The first kappa shape index (κ1) is 15.6. The summed E-state index contributed by atoms with van der Waals surface area (Å²) < 4.78 is 0. The van der Waals surface area contributed by atoms with E-state index in [2.05, 4.69) is 50.4 Å². The molecule has 0 aliphatic rings. The van der Waals surface area contributed by atoms with Gasteiger partial charge in [0.15, 0.2) is 0 Å². The predicted octanol–water partition coefficient (Wildman–Crippen LogP) is 5.12. The number of amides is 1. The van der Waals surface area contributed by atoms with Gasteiger partial charge in [-0.2, -0.15) is 0 Å². The molecule has 0 aliphatic heterocycles. The molecule has 0 fully saturated rings. The summed E-state index contributed by atoms with van der Waals surface area (Å²) in [6, 6.07) is 12.6. The Hall–Kier alpha value is -1.83. The Labute approximate surface area is 127 Å². The van der Waals surface area contributed by atoms with Gasteiger partial charge in [-0.3, -0.25) is 4.79 Å². The van der Waals surface area contributed by atoms with Crippen molar-refractivity contribution in [2.45, 2.75) is 47.0 Å². The smallest absolute Gasteiger partial charge is 0.229 e. The second-order valence-electron chi connectivity index (χ2n) is 7.73. The normalized spacial score (nSPS) is 12.5. The predicted molar refractivity (Wildman–Crippen MR) is 90.7 cm³/mol. The van der Waals surface area contributed by atoms with Crippen molar-refractivity contribution in [2.24, 2.45) is 5.41 Å². The molecule has 0 heterocycles. The molecule has 0 aromatic heterocycles. The van der Waals surface area contributed by atoms with Crippen LogP contribution in [0.25, 0.3) is 10.8 Å². The summed E-state index contributed by atoms with van der Waals surface area (Å²) in [5, 5.41) is 5.33. The van der Waals surface area contributed by atoms with Gasteiger partial charge in [0.05, 0.1) is 0 Å². The van der Waals surface area contributed by atoms with Gasteiger partial charge in [-0.25, -0.2) is 0 Å². The fraction of sp³-hybridized carbons (Fsp3) is 0.421. The molecule has 112 valence electrons. The molecule has 1 amide bonds. The van der Waals surface area contributed by atoms with Gasteiger partial charge < -0.3 is 5.32 Å². The van der Waals surface area contributed by atoms with Crippen LogP contribution in [-0.2, 0) is 10.2 Å². The van der Waals surface area contributed by atoms with Crippen molar-refractivity contribution in [1.82, 2.24) is 0 Å². The number of hydrogen-bond acceptors (Lipinski definition) is 1. The maximum Gasteiger partial charge on any atom is 0.229 e. The van der Waals surface area contributed by atoms with Gasteiger partial charge in [0, 0.05) is 11.1 Å². The number of hydrogen-bond donors (Lipinski definition) is 1. The Morgan fingerprint density at radius 2 is 1.43 bits per heavy atom. The highest BCUT2D eigenvalue weighted by molar-refractivity contribution is 5.97. The van der Waals surface area contributed by atoms with Gasteiger partial charge in [0.2, 0.25) is 5.91 Å². The molecule has 0 atom stereocenters. The highest BCUT2D eigenvalue weighted by atomic mass is 16.2. The molecule has 2 nitrogen and oxygen atoms in total. The van der Waals surface area contributed by atoms with Gasteiger partial charge in [0.1, 0.15) is 0 Å². The van der Waals surface area contributed by atoms with E-state index in [4.69, 9.17) is 0 Å². The number of benzene rings is 2. The minimum absolute atomic E-state index is 0.0353. The summed E-state index contributed by atoms with van der Waals surface area (Å²) in [6.45, 7) is 12.4. The van der Waals surface area contributed by atoms with Crippen LogP contribution in [0.5, 0.6) is 0 Å². The van der Waals surface area contributed by atoms with Crippen molar-refractivity contribution < 1.29 is 4.79 Å². The largest absolute Gasteiger partial charge is 0.326 e. The maximum atomic E-state index is 12.0. The average molecular weight is 283 g/mol. The fourth-order valence-corrected chi connectivity index (χ4v) is 2.11. The summed E-state index contributed by atoms with van der Waals surface area (Å²) in [5.41, 5.74) is 1.94. The number of nitrogens with one attached hydrogen (secondary N) is 1. The highest BCUT2D eigenvalue weighted by Crippen LogP contribution is 2.28. The molecule has 2 heteroatoms. The third-order valence-corrected chi connectivity index (χ3v) is 3.65. The van der Waals surface area contributed by atoms with Crippen molar-refractivity contribution in [2.75, 3.05) is 5.32 Å². The zero-order valence-corrected chi connectivity index (χ0v) is 13.9. The Balaban J connectivity index is 2.34. The summed E-state index contributed by atoms with van der Waals surface area (Å²) >= 11 is 0. The van der Waals surface area contributed by atoms with Gasteiger partial charge in [-0.15, -0.1) is 0 Å². The molecule has 0 saturated carbocycles. The van der Waals surface area contributed by atoms with Crippen LogP contribution >= 0.6 is 0 Å². The molecule has 2 aromatic carbocycles. The van der Waals surface area contributed by atoms with Crippen LogP contribution in [0.2, 0.25) is 0 Å². The Morgan fingerprint density at radius 1 is 0.857 bits per heavy atom. The van der Waals surface area contributed by atoms with E-state index in [1.165, 1.54) is 10.9 Å². The van der Waals surface area contributed by atoms with Crippen molar-refractivity contribution in [3.05, 3.63) is 42.0 Å². The van der Waals surface area contributed by atoms with Crippen LogP contribution in [0, 0.1) is 5.41 Å². The summed E-state index contributed by atoms with van der Waals surface area (Å²) in [5.74, 6) is 0.0353. The standard InChI is InChI=1S/C19H25NO/c1-18(2,3)15-9-7-14-12-16(10-8-13(14)11-15)20-17(21)19(4,5)6/h7-12H,1-6H3,(H,20,21). The number of carbonyl (C=O) groups excluding carboxylic acids is 1. The van der Waals surface area contributed by atoms with Crippen molar-refractivity contribution in [1.29, 1.82) is 0 Å². The van der Waals surface area contributed by atoms with E-state index in [9.17, 15) is 4.79 Å². The Kier molecular flexibility index (Phi) is 3.83. The van der Waals surface area contributed by atoms with Crippen LogP contribution in [0.15, 0.2) is 36.4 Å². The van der Waals surface area contributed by atoms with Crippen molar-refractivity contribution >= 4 is 22.4 Å². The monoisotopic (exact) mass is 283 g/mol. The molecule has 1 N–H and O–H groups in total. The molecular weight excluding hydrogens is 258 g/mol. The number of fused-ring (bicyclic) bond motifs is 1. The minimum Gasteiger partial charge on any atom is -0.326 e. The lowest BCUT2D eigenvalue weighted by Gasteiger charge is -2.20. The van der Waals surface area contributed by atoms with Crippen molar-refractivity contribution in [3.63, 3.8) is 0 Å². The van der Waals surface area contributed by atoms with Gasteiger partial charge in [0.25, 0.3) is 0 Å². The molecule has 0 aliphatic carbocycles. The highest BCUT2D eigenvalue weighted by Gasteiger charge is 2.21. The topological polar surface area (TPSA) is 29.1 Å². The Morgan fingerprint density at radius 3 is 2.00 bits per heavy atom. The van der Waals surface area contributed by atoms with E-state index in [0.29, 0.717) is 0 Å². The van der Waals surface area contributed by atoms with E-state index in [-0.39, 0.29) is 16.7 Å². The first-order chi connectivity index (χ1) is 9.57. The lowest BCUT2D eigenvalue weighted by molar-refractivity contribution is -0.123. The van der Waals surface area contributed by atoms with Crippen LogP contribution in [0.1, 0.15) is 47.1 Å². The van der Waals surface area contributed by atoms with Gasteiger partial charge in [-0.05, 0) is 33.9 Å². The van der Waals surface area contributed by atoms with E-state index >= 15 is 0 Å². The quantitative estimate of drug-likeness (QED) is 0.773. The fourth-order valence-electron chi connectivity index (χ4n) is 2.11. The van der Waals surface area contributed by atoms with E-state index in [0.717, 1.165) is 11.1 Å². The number of anilines is 1. The lowest BCUT2D eigenvalue weighted by Crippen LogP contribution is -2.27. The lowest BCUT2D eigenvalue weighted by atomic mass is 9.86. The first-order valence-corrected chi connectivity index (χ1v) is 7.43. The van der Waals surface area contributed by atoms with E-state index in [1.54, 1.807) is 0 Å². The number of carbonyl (C=O) groups is 1. The zero-order chi connectivity index (χ0) is 15.8. The van der Waals surface area contributed by atoms with Crippen LogP contribution in [-0.4, -0.2) is 5.91 Å². The molecular formula is C19H25NO. The maximum absolute atomic E-state index is 12.0. The van der Waals surface area contributed by atoms with Gasteiger partial charge >= 0.3 is 0 Å². The average Bonchev–Trinajstić information content (AvgIpc) is 2.35. The Bertz CT molecular complexity index is 672. The first-order valence-electron chi connectivity index (χ1n) is 7.43. The molecule has 0 radical (unpaired) electrons. The summed E-state index contributed by atoms with van der Waals surface area (Å²) in [7, 11) is 0. The summed E-state index contributed by atoms with van der Waals surface area (Å²) in [6.07, 6.45) is 0. The molecule has 0 spiro atoms. The molecule has 0 unspecified atom stereocenters. The molecule has 0 saturated heterocycles. The van der Waals surface area contributed by atoms with E-state index in [1.807, 2.05) is 32.9 Å². The second kappa shape index (κ2) is 5.18. The van der Waals surface area contributed by atoms with Crippen LogP contribution < -0.4 is 5.32 Å². The van der Waals surface area contributed by atoms with Crippen molar-refractivity contribution in [3.8, 4) is 0 Å². The third-order valence-electron chi connectivity index (χ3n) is 3.65. The molecule has 2 rings (SSSR count). The number of rotatable bonds is 1. The van der Waals surface area contributed by atoms with Crippen LogP contribution in [0.4, 0.5) is 5.69 Å². The molecule has 0 bridgehead atoms. The molecule has 21 heavy (non-hydrogen) atoms. The van der Waals surface area contributed by atoms with Crippen LogP contribution in [0.3, 0.4) is 0 Å². The summed E-state index contributed by atoms with van der Waals surface area (Å²) in [4.78, 5) is 12.0. The second-order valence-corrected chi connectivity index (χ2v) is 7.73. The van der Waals surface area contributed by atoms with Gasteiger partial charge in [-0.1, -0.05) is 65.8 Å². The van der Waals surface area contributed by atoms with E-state index < -0.39 is 0 Å².